The van der Waals surface area contributed by atoms with Gasteiger partial charge in [0.25, 0.3) is 5.91 Å². The van der Waals surface area contributed by atoms with Gasteiger partial charge in [-0.25, -0.2) is 0 Å². The van der Waals surface area contributed by atoms with E-state index >= 15 is 0 Å². The zero-order valence-electron chi connectivity index (χ0n) is 16.6. The predicted molar refractivity (Wildman–Crippen MR) is 104 cm³/mol. The predicted octanol–water partition coefficient (Wildman–Crippen LogP) is 0.976. The minimum absolute atomic E-state index is 0.0654. The minimum atomic E-state index is -0.965. The van der Waals surface area contributed by atoms with Crippen molar-refractivity contribution in [3.63, 3.8) is 0 Å². The molecule has 0 aromatic heterocycles. The Morgan fingerprint density at radius 2 is 2.00 bits per heavy atom. The van der Waals surface area contributed by atoms with Gasteiger partial charge in [-0.05, 0) is 12.8 Å². The molecule has 3 rings (SSSR count). The lowest BCUT2D eigenvalue weighted by Gasteiger charge is -2.28. The summed E-state index contributed by atoms with van der Waals surface area (Å²) in [5.41, 5.74) is 0.337. The lowest BCUT2D eigenvalue weighted by molar-refractivity contribution is -0.151. The van der Waals surface area contributed by atoms with Crippen molar-refractivity contribution in [1.29, 1.82) is 0 Å². The number of hydrogen-bond acceptors (Lipinski definition) is 5. The van der Waals surface area contributed by atoms with Crippen molar-refractivity contribution in [3.05, 3.63) is 23.8 Å². The van der Waals surface area contributed by atoms with Crippen LogP contribution in [-0.2, 0) is 24.0 Å². The number of allylic oxidation sites excluding steroid dienone is 2. The number of likely N-dealkylation sites (tertiary alicyclic amines) is 1. The largest absolute Gasteiger partial charge is 0.355 e. The monoisotopic (exact) mass is 401 g/mol. The number of carbonyl (C=O) groups excluding carboxylic acids is 5. The fraction of sp³-hybridized carbons (Fsp3) is 0.571. The van der Waals surface area contributed by atoms with Crippen LogP contribution in [0.1, 0.15) is 51.9 Å². The molecule has 2 saturated heterocycles. The Bertz CT molecular complexity index is 785. The summed E-state index contributed by atoms with van der Waals surface area (Å²) in [4.78, 5) is 62.4. The number of unbranched alkanes of at least 4 members (excludes halogenated alkanes) is 3. The van der Waals surface area contributed by atoms with E-state index in [9.17, 15) is 24.0 Å². The molecule has 0 aromatic rings. The third-order valence-corrected chi connectivity index (χ3v) is 5.68. The van der Waals surface area contributed by atoms with E-state index in [2.05, 4.69) is 17.6 Å². The molecular formula is C21H27N3O5. The molecule has 156 valence electrons. The van der Waals surface area contributed by atoms with E-state index in [4.69, 9.17) is 0 Å². The molecule has 29 heavy (non-hydrogen) atoms. The highest BCUT2D eigenvalue weighted by Gasteiger charge is 2.51. The van der Waals surface area contributed by atoms with E-state index < -0.39 is 35.6 Å². The van der Waals surface area contributed by atoms with Gasteiger partial charge in [-0.2, -0.15) is 0 Å². The van der Waals surface area contributed by atoms with Gasteiger partial charge in [-0.15, -0.1) is 0 Å². The number of nitrogens with zero attached hydrogens (tertiary/aromatic N) is 1. The molecule has 2 fully saturated rings. The summed E-state index contributed by atoms with van der Waals surface area (Å²) in [7, 11) is 0. The maximum atomic E-state index is 13.0. The normalized spacial score (nSPS) is 26.3. The number of carbonyl (C=O) groups is 5. The van der Waals surface area contributed by atoms with E-state index in [-0.39, 0.29) is 31.2 Å². The van der Waals surface area contributed by atoms with Gasteiger partial charge in [0, 0.05) is 30.9 Å². The number of hydrogen-bond donors (Lipinski definition) is 2. The summed E-state index contributed by atoms with van der Waals surface area (Å²) in [6.45, 7) is 2.37. The fourth-order valence-electron chi connectivity index (χ4n) is 4.10. The number of piperidine rings is 1. The minimum Gasteiger partial charge on any atom is -0.355 e. The summed E-state index contributed by atoms with van der Waals surface area (Å²) in [6.07, 6.45) is 9.83. The van der Waals surface area contributed by atoms with E-state index in [1.165, 1.54) is 0 Å². The Morgan fingerprint density at radius 3 is 2.72 bits per heavy atom. The first-order chi connectivity index (χ1) is 13.9. The topological polar surface area (TPSA) is 113 Å². The number of nitrogens with one attached hydrogen (secondary N) is 2. The van der Waals surface area contributed by atoms with Crippen molar-refractivity contribution >= 4 is 29.5 Å². The van der Waals surface area contributed by atoms with Gasteiger partial charge in [0.1, 0.15) is 6.04 Å². The van der Waals surface area contributed by atoms with Crippen LogP contribution in [0.2, 0.25) is 0 Å². The first kappa shape index (κ1) is 21.0. The van der Waals surface area contributed by atoms with Crippen LogP contribution in [0.5, 0.6) is 0 Å². The van der Waals surface area contributed by atoms with Gasteiger partial charge >= 0.3 is 0 Å². The molecule has 0 spiro atoms. The smallest absolute Gasteiger partial charge is 0.257 e. The number of imide groups is 2. The molecule has 0 saturated carbocycles. The van der Waals surface area contributed by atoms with Crippen molar-refractivity contribution in [1.82, 2.24) is 15.5 Å². The van der Waals surface area contributed by atoms with Gasteiger partial charge in [0.2, 0.25) is 23.6 Å². The molecule has 3 unspecified atom stereocenters. The number of amides is 5. The average Bonchev–Trinajstić information content (AvgIpc) is 2.95. The Balaban J connectivity index is 1.63. The molecule has 2 heterocycles. The van der Waals surface area contributed by atoms with E-state index in [0.717, 1.165) is 30.6 Å². The lowest BCUT2D eigenvalue weighted by Crippen LogP contribution is -2.54. The Labute approximate surface area is 169 Å². The van der Waals surface area contributed by atoms with E-state index in [1.54, 1.807) is 12.2 Å². The zero-order valence-corrected chi connectivity index (χ0v) is 16.6. The second-order valence-corrected chi connectivity index (χ2v) is 7.74. The summed E-state index contributed by atoms with van der Waals surface area (Å²) in [6, 6.07) is -0.965. The Morgan fingerprint density at radius 1 is 1.21 bits per heavy atom. The van der Waals surface area contributed by atoms with Gasteiger partial charge in [-0.3, -0.25) is 34.2 Å². The van der Waals surface area contributed by atoms with Crippen LogP contribution in [-0.4, -0.2) is 47.0 Å². The Kier molecular flexibility index (Phi) is 6.61. The Hall–Kier alpha value is -2.77. The lowest BCUT2D eigenvalue weighted by atomic mass is 9.83. The molecule has 2 aliphatic heterocycles. The zero-order chi connectivity index (χ0) is 21.0. The number of rotatable bonds is 8. The molecule has 0 aromatic carbocycles. The molecule has 0 bridgehead atoms. The summed E-state index contributed by atoms with van der Waals surface area (Å²) in [5, 5.41) is 5.06. The van der Waals surface area contributed by atoms with Crippen LogP contribution < -0.4 is 10.6 Å². The molecule has 8 nitrogen and oxygen atoms in total. The third kappa shape index (κ3) is 4.46. The second kappa shape index (κ2) is 9.15. The molecule has 8 heteroatoms. The van der Waals surface area contributed by atoms with Crippen molar-refractivity contribution in [2.45, 2.75) is 57.9 Å². The van der Waals surface area contributed by atoms with Gasteiger partial charge in [0.05, 0.1) is 5.92 Å². The van der Waals surface area contributed by atoms with Crippen molar-refractivity contribution in [2.75, 3.05) is 6.54 Å². The van der Waals surface area contributed by atoms with E-state index in [1.807, 2.05) is 6.08 Å². The summed E-state index contributed by atoms with van der Waals surface area (Å²) >= 11 is 0. The van der Waals surface area contributed by atoms with Crippen LogP contribution >= 0.6 is 0 Å². The maximum absolute atomic E-state index is 13.0. The van der Waals surface area contributed by atoms with Crippen LogP contribution in [0.3, 0.4) is 0 Å². The first-order valence-electron chi connectivity index (χ1n) is 10.3. The maximum Gasteiger partial charge on any atom is 0.257 e. The van der Waals surface area contributed by atoms with Crippen LogP contribution in [0.15, 0.2) is 23.8 Å². The van der Waals surface area contributed by atoms with E-state index in [0.29, 0.717) is 12.0 Å². The highest BCUT2D eigenvalue weighted by Crippen LogP contribution is 2.37. The highest BCUT2D eigenvalue weighted by molar-refractivity contribution is 6.18. The molecule has 0 radical (unpaired) electrons. The first-order valence-corrected chi connectivity index (χ1v) is 10.3. The summed E-state index contributed by atoms with van der Waals surface area (Å²) in [5.74, 6) is -3.07. The molecule has 1 aliphatic carbocycles. The number of fused-ring (bicyclic) bond motifs is 1. The van der Waals surface area contributed by atoms with Crippen molar-refractivity contribution in [2.24, 2.45) is 11.8 Å². The van der Waals surface area contributed by atoms with Crippen molar-refractivity contribution < 1.29 is 24.0 Å². The molecule has 2 N–H and O–H groups in total. The average molecular weight is 401 g/mol. The molecule has 5 amide bonds. The van der Waals surface area contributed by atoms with Crippen molar-refractivity contribution in [3.8, 4) is 0 Å². The second-order valence-electron chi connectivity index (χ2n) is 7.74. The molecule has 3 aliphatic rings. The SMILES string of the molecule is CCCCCCC(=O)NCC1C=CC=C2C(=O)N(C3CCC(=O)NC3=O)C(=O)C21. The fourth-order valence-corrected chi connectivity index (χ4v) is 4.10. The van der Waals surface area contributed by atoms with Gasteiger partial charge in [0.15, 0.2) is 0 Å². The van der Waals surface area contributed by atoms with Gasteiger partial charge in [-0.1, -0.05) is 44.4 Å². The van der Waals surface area contributed by atoms with Crippen LogP contribution in [0.4, 0.5) is 0 Å². The molecule has 3 atom stereocenters. The van der Waals surface area contributed by atoms with Crippen LogP contribution in [0.25, 0.3) is 0 Å². The quantitative estimate of drug-likeness (QED) is 0.465. The molecular weight excluding hydrogens is 374 g/mol. The highest BCUT2D eigenvalue weighted by atomic mass is 16.2. The van der Waals surface area contributed by atoms with Gasteiger partial charge < -0.3 is 5.32 Å². The standard InChI is InChI=1S/C21H27N3O5/c1-2-3-4-5-9-16(25)22-12-13-7-6-8-14-18(13)21(29)24(20(14)28)15-10-11-17(26)23-19(15)27/h6-8,13,15,18H,2-5,9-12H2,1H3,(H,22,25)(H,23,26,27). The third-order valence-electron chi connectivity index (χ3n) is 5.68. The summed E-state index contributed by atoms with van der Waals surface area (Å²) < 4.78 is 0. The van der Waals surface area contributed by atoms with Crippen LogP contribution in [0, 0.1) is 11.8 Å².